The molecule has 1 aromatic carbocycles. The lowest BCUT2D eigenvalue weighted by Crippen LogP contribution is -1.89. The quantitative estimate of drug-likeness (QED) is 0.675. The van der Waals surface area contributed by atoms with Crippen molar-refractivity contribution in [3.63, 3.8) is 0 Å². The molecule has 0 amide bonds. The zero-order valence-corrected chi connectivity index (χ0v) is 10.5. The Labute approximate surface area is 108 Å². The third-order valence-electron chi connectivity index (χ3n) is 2.37. The van der Waals surface area contributed by atoms with E-state index in [9.17, 15) is 9.18 Å². The molecular weight excluding hydrogens is 251 g/mol. The minimum Gasteiger partial charge on any atom is -0.505 e. The molecule has 2 nitrogen and oxygen atoms in total. The van der Waals surface area contributed by atoms with Gasteiger partial charge in [-0.1, -0.05) is 12.1 Å². The lowest BCUT2D eigenvalue weighted by Gasteiger charge is -1.96. The molecule has 0 bridgehead atoms. The molecule has 0 saturated heterocycles. The van der Waals surface area contributed by atoms with Gasteiger partial charge in [-0.2, -0.15) is 0 Å². The number of carbonyl (C=O) groups is 1. The third-order valence-corrected chi connectivity index (χ3v) is 3.43. The van der Waals surface area contributed by atoms with E-state index >= 15 is 0 Å². The van der Waals surface area contributed by atoms with Crippen molar-refractivity contribution in [1.29, 1.82) is 0 Å². The summed E-state index contributed by atoms with van der Waals surface area (Å²) < 4.78 is 13.1. The Morgan fingerprint density at radius 2 is 2.17 bits per heavy atom. The number of halogens is 1. The molecule has 0 radical (unpaired) electrons. The predicted octanol–water partition coefficient (Wildman–Crippen LogP) is 3.80. The van der Waals surface area contributed by atoms with Crippen molar-refractivity contribution in [3.05, 3.63) is 57.5 Å². The minimum absolute atomic E-state index is 0.110. The number of thiophene rings is 1. The predicted molar refractivity (Wildman–Crippen MR) is 70.5 cm³/mol. The number of aryl methyl sites for hydroxylation is 1. The highest BCUT2D eigenvalue weighted by atomic mass is 32.1. The van der Waals surface area contributed by atoms with Gasteiger partial charge in [0.05, 0.1) is 4.88 Å². The largest absolute Gasteiger partial charge is 0.505 e. The minimum atomic E-state index is -0.698. The average molecular weight is 262 g/mol. The van der Waals surface area contributed by atoms with Gasteiger partial charge in [0.1, 0.15) is 0 Å². The first-order valence-corrected chi connectivity index (χ1v) is 6.20. The van der Waals surface area contributed by atoms with Crippen LogP contribution in [0.2, 0.25) is 0 Å². The van der Waals surface area contributed by atoms with Crippen molar-refractivity contribution in [3.8, 4) is 5.75 Å². The Balaban J connectivity index is 2.15. The lowest BCUT2D eigenvalue weighted by atomic mass is 10.1. The summed E-state index contributed by atoms with van der Waals surface area (Å²) in [7, 11) is 0. The van der Waals surface area contributed by atoms with Crippen molar-refractivity contribution >= 4 is 23.2 Å². The summed E-state index contributed by atoms with van der Waals surface area (Å²) in [5.74, 6) is -1.20. The average Bonchev–Trinajstić information content (AvgIpc) is 2.77. The van der Waals surface area contributed by atoms with Crippen LogP contribution in [0.4, 0.5) is 4.39 Å². The van der Waals surface area contributed by atoms with Crippen molar-refractivity contribution in [1.82, 2.24) is 0 Å². The molecule has 0 aliphatic carbocycles. The molecule has 0 saturated carbocycles. The number of ketones is 1. The number of allylic oxidation sites excluding steroid dienone is 1. The zero-order chi connectivity index (χ0) is 13.1. The summed E-state index contributed by atoms with van der Waals surface area (Å²) in [4.78, 5) is 12.4. The summed E-state index contributed by atoms with van der Waals surface area (Å²) in [6, 6.07) is 5.80. The molecular formula is C14H11FO2S. The zero-order valence-electron chi connectivity index (χ0n) is 9.68. The van der Waals surface area contributed by atoms with Gasteiger partial charge in [0, 0.05) is 0 Å². The van der Waals surface area contributed by atoms with Crippen molar-refractivity contribution in [2.45, 2.75) is 6.92 Å². The fourth-order valence-corrected chi connectivity index (χ4v) is 2.26. The van der Waals surface area contributed by atoms with Crippen LogP contribution in [0, 0.1) is 12.7 Å². The SMILES string of the molecule is Cc1csc(C(=O)C=Cc2ccc(O)c(F)c2)c1. The second kappa shape index (κ2) is 5.14. The first-order valence-electron chi connectivity index (χ1n) is 5.32. The Morgan fingerprint density at radius 1 is 1.39 bits per heavy atom. The van der Waals surface area contributed by atoms with E-state index in [1.807, 2.05) is 18.4 Å². The Morgan fingerprint density at radius 3 is 2.78 bits per heavy atom. The lowest BCUT2D eigenvalue weighted by molar-refractivity contribution is 0.105. The monoisotopic (exact) mass is 262 g/mol. The molecule has 92 valence electrons. The molecule has 1 heterocycles. The third kappa shape index (κ3) is 2.84. The Bertz CT molecular complexity index is 614. The van der Waals surface area contributed by atoms with Gasteiger partial charge >= 0.3 is 0 Å². The molecule has 0 unspecified atom stereocenters. The van der Waals surface area contributed by atoms with E-state index in [0.717, 1.165) is 5.56 Å². The van der Waals surface area contributed by atoms with E-state index in [4.69, 9.17) is 5.11 Å². The van der Waals surface area contributed by atoms with Gasteiger partial charge in [0.2, 0.25) is 0 Å². The van der Waals surface area contributed by atoms with Gasteiger partial charge in [-0.05, 0) is 47.7 Å². The van der Waals surface area contributed by atoms with E-state index < -0.39 is 11.6 Å². The standard InChI is InChI=1S/C14H11FO2S/c1-9-6-14(18-8-9)13(17)5-3-10-2-4-12(16)11(15)7-10/h2-8,16H,1H3. The molecule has 1 aromatic heterocycles. The van der Waals surface area contributed by atoms with Crippen LogP contribution in [0.15, 0.2) is 35.7 Å². The van der Waals surface area contributed by atoms with E-state index in [1.165, 1.54) is 35.6 Å². The van der Waals surface area contributed by atoms with Gasteiger partial charge in [0.25, 0.3) is 0 Å². The van der Waals surface area contributed by atoms with Crippen LogP contribution in [-0.2, 0) is 0 Å². The molecule has 0 spiro atoms. The van der Waals surface area contributed by atoms with E-state index in [1.54, 1.807) is 6.07 Å². The molecule has 2 rings (SSSR count). The molecule has 0 aliphatic rings. The van der Waals surface area contributed by atoms with Crippen LogP contribution in [-0.4, -0.2) is 10.9 Å². The Kier molecular flexibility index (Phi) is 3.58. The highest BCUT2D eigenvalue weighted by Crippen LogP contribution is 2.18. The maximum Gasteiger partial charge on any atom is 0.195 e. The van der Waals surface area contributed by atoms with Crippen molar-refractivity contribution in [2.24, 2.45) is 0 Å². The number of rotatable bonds is 3. The number of carbonyl (C=O) groups excluding carboxylic acids is 1. The number of benzene rings is 1. The number of hydrogen-bond donors (Lipinski definition) is 1. The fraction of sp³-hybridized carbons (Fsp3) is 0.0714. The van der Waals surface area contributed by atoms with Gasteiger partial charge in [-0.25, -0.2) is 4.39 Å². The van der Waals surface area contributed by atoms with Crippen molar-refractivity contribution < 1.29 is 14.3 Å². The molecule has 1 N–H and O–H groups in total. The molecule has 0 fully saturated rings. The summed E-state index contributed by atoms with van der Waals surface area (Å²) in [5.41, 5.74) is 1.58. The van der Waals surface area contributed by atoms with Crippen LogP contribution in [0.5, 0.6) is 5.75 Å². The highest BCUT2D eigenvalue weighted by molar-refractivity contribution is 7.12. The van der Waals surface area contributed by atoms with Gasteiger partial charge in [0.15, 0.2) is 17.3 Å². The smallest absolute Gasteiger partial charge is 0.195 e. The second-order valence-electron chi connectivity index (χ2n) is 3.90. The number of phenols is 1. The fourth-order valence-electron chi connectivity index (χ4n) is 1.44. The van der Waals surface area contributed by atoms with Crippen LogP contribution in [0.3, 0.4) is 0 Å². The number of hydrogen-bond acceptors (Lipinski definition) is 3. The van der Waals surface area contributed by atoms with Gasteiger partial charge in [-0.15, -0.1) is 11.3 Å². The number of aromatic hydroxyl groups is 1. The van der Waals surface area contributed by atoms with E-state index in [0.29, 0.717) is 10.4 Å². The van der Waals surface area contributed by atoms with Crippen LogP contribution in [0.25, 0.3) is 6.08 Å². The van der Waals surface area contributed by atoms with Crippen LogP contribution in [0.1, 0.15) is 20.8 Å². The molecule has 0 aliphatic heterocycles. The second-order valence-corrected chi connectivity index (χ2v) is 4.81. The highest BCUT2D eigenvalue weighted by Gasteiger charge is 2.04. The topological polar surface area (TPSA) is 37.3 Å². The van der Waals surface area contributed by atoms with Gasteiger partial charge < -0.3 is 5.11 Å². The van der Waals surface area contributed by atoms with E-state index in [2.05, 4.69) is 0 Å². The number of phenolic OH excluding ortho intramolecular Hbond substituents is 1. The molecule has 2 aromatic rings. The van der Waals surface area contributed by atoms with Crippen LogP contribution >= 0.6 is 11.3 Å². The summed E-state index contributed by atoms with van der Waals surface area (Å²) in [6.45, 7) is 1.92. The molecule has 18 heavy (non-hydrogen) atoms. The van der Waals surface area contributed by atoms with Crippen molar-refractivity contribution in [2.75, 3.05) is 0 Å². The maximum absolute atomic E-state index is 13.1. The first kappa shape index (κ1) is 12.5. The van der Waals surface area contributed by atoms with Gasteiger partial charge in [-0.3, -0.25) is 4.79 Å². The summed E-state index contributed by atoms with van der Waals surface area (Å²) in [6.07, 6.45) is 2.93. The van der Waals surface area contributed by atoms with Crippen LogP contribution < -0.4 is 0 Å². The van der Waals surface area contributed by atoms with E-state index in [-0.39, 0.29) is 5.78 Å². The summed E-state index contributed by atoms with van der Waals surface area (Å²) in [5, 5.41) is 10.9. The molecule has 0 atom stereocenters. The maximum atomic E-state index is 13.1. The summed E-state index contributed by atoms with van der Waals surface area (Å²) >= 11 is 1.38. The molecule has 4 heteroatoms. The Hall–Kier alpha value is -1.94. The normalized spacial score (nSPS) is 11.0. The first-order chi connectivity index (χ1) is 8.56.